The predicted octanol–water partition coefficient (Wildman–Crippen LogP) is 1.44. The van der Waals surface area contributed by atoms with Crippen LogP contribution in [-0.4, -0.2) is 39.4 Å². The molecule has 112 valence electrons. The fourth-order valence-corrected chi connectivity index (χ4v) is 4.00. The van der Waals surface area contributed by atoms with Crippen LogP contribution in [0, 0.1) is 0 Å². The maximum absolute atomic E-state index is 12.3. The summed E-state index contributed by atoms with van der Waals surface area (Å²) in [7, 11) is -0.838. The van der Waals surface area contributed by atoms with Crippen LogP contribution >= 0.6 is 27.5 Å². The Morgan fingerprint density at radius 2 is 2.00 bits per heavy atom. The van der Waals surface area contributed by atoms with Crippen LogP contribution in [-0.2, 0) is 14.8 Å². The standard InChI is InChI=1S/C11H15BrClN3O3S/c1-6(11(17)16(2)3)15-20(18,19)9-5-7(13)4-8(14)10(9)12/h4-6,15H,14H2,1-3H3. The van der Waals surface area contributed by atoms with E-state index < -0.39 is 16.1 Å². The van der Waals surface area contributed by atoms with Gasteiger partial charge in [0, 0.05) is 24.8 Å². The number of nitrogens with two attached hydrogens (primary N) is 1. The van der Waals surface area contributed by atoms with Gasteiger partial charge in [-0.25, -0.2) is 8.42 Å². The molecule has 1 atom stereocenters. The van der Waals surface area contributed by atoms with E-state index in [0.717, 1.165) is 0 Å². The molecule has 6 nitrogen and oxygen atoms in total. The molecule has 9 heteroatoms. The monoisotopic (exact) mass is 383 g/mol. The first-order valence-electron chi connectivity index (χ1n) is 5.54. The summed E-state index contributed by atoms with van der Waals surface area (Å²) in [5, 5.41) is 0.192. The van der Waals surface area contributed by atoms with Gasteiger partial charge in [0.2, 0.25) is 15.9 Å². The van der Waals surface area contributed by atoms with Crippen molar-refractivity contribution in [1.29, 1.82) is 0 Å². The number of nitrogens with zero attached hydrogens (tertiary/aromatic N) is 1. The lowest BCUT2D eigenvalue weighted by Gasteiger charge is -2.18. The van der Waals surface area contributed by atoms with Crippen molar-refractivity contribution in [1.82, 2.24) is 9.62 Å². The Morgan fingerprint density at radius 1 is 1.45 bits per heavy atom. The lowest BCUT2D eigenvalue weighted by atomic mass is 10.3. The summed E-state index contributed by atoms with van der Waals surface area (Å²) in [5.74, 6) is -0.361. The molecule has 0 aliphatic heterocycles. The fourth-order valence-electron chi connectivity index (χ4n) is 1.51. The van der Waals surface area contributed by atoms with Gasteiger partial charge in [-0.1, -0.05) is 11.6 Å². The third-order valence-corrected chi connectivity index (χ3v) is 5.40. The number of carbonyl (C=O) groups is 1. The van der Waals surface area contributed by atoms with Gasteiger partial charge in [0.05, 0.1) is 15.4 Å². The summed E-state index contributed by atoms with van der Waals surface area (Å²) >= 11 is 8.92. The van der Waals surface area contributed by atoms with Gasteiger partial charge in [-0.05, 0) is 35.0 Å². The number of hydrogen-bond acceptors (Lipinski definition) is 4. The molecule has 0 bridgehead atoms. The number of amides is 1. The van der Waals surface area contributed by atoms with Gasteiger partial charge in [0.1, 0.15) is 0 Å². The minimum atomic E-state index is -3.92. The SMILES string of the molecule is CC(NS(=O)(=O)c1cc(Cl)cc(N)c1Br)C(=O)N(C)C. The van der Waals surface area contributed by atoms with Crippen molar-refractivity contribution < 1.29 is 13.2 Å². The van der Waals surface area contributed by atoms with E-state index in [2.05, 4.69) is 20.7 Å². The molecule has 0 saturated carbocycles. The first-order valence-corrected chi connectivity index (χ1v) is 8.19. The Labute approximate surface area is 131 Å². The highest BCUT2D eigenvalue weighted by Gasteiger charge is 2.26. The molecule has 0 aliphatic rings. The number of rotatable bonds is 4. The average Bonchev–Trinajstić information content (AvgIpc) is 2.31. The molecular weight excluding hydrogens is 370 g/mol. The number of hydrogen-bond donors (Lipinski definition) is 2. The summed E-state index contributed by atoms with van der Waals surface area (Å²) in [6.45, 7) is 1.46. The largest absolute Gasteiger partial charge is 0.398 e. The van der Waals surface area contributed by atoms with Crippen molar-refractivity contribution in [3.63, 3.8) is 0 Å². The van der Waals surface area contributed by atoms with Crippen LogP contribution in [0.5, 0.6) is 0 Å². The molecule has 0 aromatic heterocycles. The molecule has 0 radical (unpaired) electrons. The third kappa shape index (κ3) is 3.85. The normalized spacial score (nSPS) is 13.1. The van der Waals surface area contributed by atoms with Gasteiger partial charge < -0.3 is 10.6 Å². The number of benzene rings is 1. The van der Waals surface area contributed by atoms with Crippen molar-refractivity contribution in [2.24, 2.45) is 0 Å². The maximum atomic E-state index is 12.3. The van der Waals surface area contributed by atoms with Gasteiger partial charge in [0.15, 0.2) is 0 Å². The number of anilines is 1. The van der Waals surface area contributed by atoms with Crippen molar-refractivity contribution in [2.45, 2.75) is 17.9 Å². The minimum Gasteiger partial charge on any atom is -0.398 e. The fraction of sp³-hybridized carbons (Fsp3) is 0.364. The highest BCUT2D eigenvalue weighted by atomic mass is 79.9. The Kier molecular flexibility index (Phi) is 5.42. The van der Waals surface area contributed by atoms with Crippen molar-refractivity contribution in [3.8, 4) is 0 Å². The van der Waals surface area contributed by atoms with Crippen molar-refractivity contribution in [3.05, 3.63) is 21.6 Å². The Morgan fingerprint density at radius 3 is 2.50 bits per heavy atom. The second-order valence-electron chi connectivity index (χ2n) is 4.38. The quantitative estimate of drug-likeness (QED) is 0.768. The average molecular weight is 385 g/mol. The van der Waals surface area contributed by atoms with Crippen LogP contribution in [0.25, 0.3) is 0 Å². The molecule has 1 unspecified atom stereocenters. The van der Waals surface area contributed by atoms with E-state index in [9.17, 15) is 13.2 Å². The Bertz CT molecular complexity index is 634. The second kappa shape index (κ2) is 6.30. The van der Waals surface area contributed by atoms with Crippen LogP contribution in [0.3, 0.4) is 0 Å². The summed E-state index contributed by atoms with van der Waals surface area (Å²) in [6.07, 6.45) is 0. The smallest absolute Gasteiger partial charge is 0.242 e. The van der Waals surface area contributed by atoms with E-state index in [1.54, 1.807) is 14.1 Å². The lowest BCUT2D eigenvalue weighted by Crippen LogP contribution is -2.44. The number of sulfonamides is 1. The molecule has 1 aromatic carbocycles. The van der Waals surface area contributed by atoms with E-state index in [0.29, 0.717) is 0 Å². The molecule has 3 N–H and O–H groups in total. The first-order chi connectivity index (χ1) is 9.06. The Balaban J connectivity index is 3.16. The number of nitrogens with one attached hydrogen (secondary N) is 1. The van der Waals surface area contributed by atoms with Crippen LogP contribution in [0.2, 0.25) is 5.02 Å². The number of halogens is 2. The van der Waals surface area contributed by atoms with E-state index >= 15 is 0 Å². The summed E-state index contributed by atoms with van der Waals surface area (Å²) < 4.78 is 27.0. The van der Waals surface area contributed by atoms with Gasteiger partial charge in [-0.15, -0.1) is 0 Å². The topological polar surface area (TPSA) is 92.5 Å². The molecule has 0 heterocycles. The highest BCUT2D eigenvalue weighted by molar-refractivity contribution is 9.10. The summed E-state index contributed by atoms with van der Waals surface area (Å²) in [6, 6.07) is 1.79. The minimum absolute atomic E-state index is 0.110. The zero-order chi connectivity index (χ0) is 15.7. The highest BCUT2D eigenvalue weighted by Crippen LogP contribution is 2.31. The molecule has 0 fully saturated rings. The number of carbonyl (C=O) groups excluding carboxylic acids is 1. The predicted molar refractivity (Wildman–Crippen MR) is 82.0 cm³/mol. The van der Waals surface area contributed by atoms with Crippen LogP contribution in [0.15, 0.2) is 21.5 Å². The molecule has 1 amide bonds. The molecule has 1 rings (SSSR count). The molecular formula is C11H15BrClN3O3S. The van der Waals surface area contributed by atoms with E-state index in [4.69, 9.17) is 17.3 Å². The zero-order valence-corrected chi connectivity index (χ0v) is 14.3. The molecule has 0 saturated heterocycles. The van der Waals surface area contributed by atoms with Crippen LogP contribution < -0.4 is 10.5 Å². The Hall–Kier alpha value is -0.830. The van der Waals surface area contributed by atoms with E-state index in [-0.39, 0.29) is 26.0 Å². The molecule has 1 aromatic rings. The van der Waals surface area contributed by atoms with Crippen LogP contribution in [0.4, 0.5) is 5.69 Å². The van der Waals surface area contributed by atoms with Crippen molar-refractivity contribution >= 4 is 49.1 Å². The molecule has 0 aliphatic carbocycles. The molecule has 20 heavy (non-hydrogen) atoms. The van der Waals surface area contributed by atoms with Crippen molar-refractivity contribution in [2.75, 3.05) is 19.8 Å². The first kappa shape index (κ1) is 17.2. The second-order valence-corrected chi connectivity index (χ2v) is 7.29. The molecule has 0 spiro atoms. The van der Waals surface area contributed by atoms with Gasteiger partial charge in [-0.3, -0.25) is 4.79 Å². The van der Waals surface area contributed by atoms with E-state index in [1.807, 2.05) is 0 Å². The number of likely N-dealkylation sites (N-methyl/N-ethyl adjacent to an activating group) is 1. The maximum Gasteiger partial charge on any atom is 0.242 e. The van der Waals surface area contributed by atoms with Crippen LogP contribution in [0.1, 0.15) is 6.92 Å². The van der Waals surface area contributed by atoms with Gasteiger partial charge >= 0.3 is 0 Å². The summed E-state index contributed by atoms with van der Waals surface area (Å²) in [5.41, 5.74) is 5.86. The van der Waals surface area contributed by atoms with E-state index in [1.165, 1.54) is 24.0 Å². The van der Waals surface area contributed by atoms with Gasteiger partial charge in [-0.2, -0.15) is 4.72 Å². The van der Waals surface area contributed by atoms with Gasteiger partial charge in [0.25, 0.3) is 0 Å². The third-order valence-electron chi connectivity index (χ3n) is 2.46. The summed E-state index contributed by atoms with van der Waals surface area (Å²) in [4.78, 5) is 12.9. The lowest BCUT2D eigenvalue weighted by molar-refractivity contribution is -0.130. The number of nitrogen functional groups attached to an aromatic ring is 1. The zero-order valence-electron chi connectivity index (χ0n) is 11.1.